The van der Waals surface area contributed by atoms with Gasteiger partial charge in [0, 0.05) is 25.3 Å². The van der Waals surface area contributed by atoms with E-state index in [1.807, 2.05) is 6.07 Å². The molecule has 0 amide bonds. The fourth-order valence-electron chi connectivity index (χ4n) is 2.14. The number of likely N-dealkylation sites (tertiary alicyclic amines) is 1. The standard InChI is InChI=1S/C12H20N4/c1-10(2)16-6-4-11(8-16)7-14-12-3-5-13-9-15-12/h3,5,9-11H,4,6-8H2,1-2H3,(H,13,14,15). The number of nitrogens with one attached hydrogen (secondary N) is 1. The summed E-state index contributed by atoms with van der Waals surface area (Å²) in [6, 6.07) is 2.58. The van der Waals surface area contributed by atoms with Crippen molar-refractivity contribution in [3.63, 3.8) is 0 Å². The van der Waals surface area contributed by atoms with E-state index in [0.717, 1.165) is 18.3 Å². The summed E-state index contributed by atoms with van der Waals surface area (Å²) in [5.74, 6) is 1.68. The topological polar surface area (TPSA) is 41.0 Å². The minimum atomic E-state index is 0.670. The van der Waals surface area contributed by atoms with Crippen LogP contribution in [0, 0.1) is 5.92 Å². The maximum atomic E-state index is 4.16. The average molecular weight is 220 g/mol. The maximum absolute atomic E-state index is 4.16. The fourth-order valence-corrected chi connectivity index (χ4v) is 2.14. The van der Waals surface area contributed by atoms with Gasteiger partial charge in [0.2, 0.25) is 0 Å². The molecule has 1 saturated heterocycles. The molecule has 2 rings (SSSR count). The number of hydrogen-bond acceptors (Lipinski definition) is 4. The third-order valence-corrected chi connectivity index (χ3v) is 3.20. The van der Waals surface area contributed by atoms with Crippen molar-refractivity contribution >= 4 is 5.82 Å². The molecule has 1 fully saturated rings. The van der Waals surface area contributed by atoms with Crippen LogP contribution in [-0.2, 0) is 0 Å². The monoisotopic (exact) mass is 220 g/mol. The Balaban J connectivity index is 1.76. The molecule has 4 nitrogen and oxygen atoms in total. The lowest BCUT2D eigenvalue weighted by molar-refractivity contribution is 0.266. The van der Waals surface area contributed by atoms with Crippen LogP contribution in [-0.4, -0.2) is 40.5 Å². The van der Waals surface area contributed by atoms with Crippen LogP contribution in [0.4, 0.5) is 5.82 Å². The molecule has 1 unspecified atom stereocenters. The van der Waals surface area contributed by atoms with Gasteiger partial charge in [0.25, 0.3) is 0 Å². The molecule has 0 radical (unpaired) electrons. The molecule has 1 atom stereocenters. The highest BCUT2D eigenvalue weighted by Crippen LogP contribution is 2.18. The predicted molar refractivity (Wildman–Crippen MR) is 65.3 cm³/mol. The second-order valence-electron chi connectivity index (χ2n) is 4.72. The van der Waals surface area contributed by atoms with Crippen LogP contribution in [0.2, 0.25) is 0 Å². The quantitative estimate of drug-likeness (QED) is 0.837. The van der Waals surface area contributed by atoms with Gasteiger partial charge in [0.15, 0.2) is 0 Å². The van der Waals surface area contributed by atoms with E-state index < -0.39 is 0 Å². The molecule has 0 spiro atoms. The first-order valence-electron chi connectivity index (χ1n) is 5.99. The Kier molecular flexibility index (Phi) is 3.72. The predicted octanol–water partition coefficient (Wildman–Crippen LogP) is 1.62. The maximum Gasteiger partial charge on any atom is 0.129 e. The lowest BCUT2D eigenvalue weighted by Crippen LogP contribution is -2.29. The summed E-state index contributed by atoms with van der Waals surface area (Å²) < 4.78 is 0. The molecule has 2 heterocycles. The lowest BCUT2D eigenvalue weighted by atomic mass is 10.1. The molecule has 1 aliphatic heterocycles. The molecule has 1 aliphatic rings. The Bertz CT molecular complexity index is 312. The molecule has 1 N–H and O–H groups in total. The Morgan fingerprint density at radius 3 is 3.06 bits per heavy atom. The van der Waals surface area contributed by atoms with E-state index in [0.29, 0.717) is 6.04 Å². The highest BCUT2D eigenvalue weighted by atomic mass is 15.2. The first-order valence-corrected chi connectivity index (χ1v) is 5.99. The third kappa shape index (κ3) is 2.92. The Hall–Kier alpha value is -1.16. The molecule has 0 aliphatic carbocycles. The van der Waals surface area contributed by atoms with Crippen molar-refractivity contribution in [1.82, 2.24) is 14.9 Å². The first kappa shape index (κ1) is 11.3. The first-order chi connectivity index (χ1) is 7.75. The Morgan fingerprint density at radius 1 is 1.56 bits per heavy atom. The van der Waals surface area contributed by atoms with Crippen LogP contribution < -0.4 is 5.32 Å². The summed E-state index contributed by atoms with van der Waals surface area (Å²) in [5.41, 5.74) is 0. The zero-order valence-corrected chi connectivity index (χ0v) is 10.1. The van der Waals surface area contributed by atoms with Crippen molar-refractivity contribution in [3.05, 3.63) is 18.6 Å². The average Bonchev–Trinajstić information content (AvgIpc) is 2.76. The summed E-state index contributed by atoms with van der Waals surface area (Å²) in [6.07, 6.45) is 4.64. The number of anilines is 1. The van der Waals surface area contributed by atoms with Gasteiger partial charge >= 0.3 is 0 Å². The van der Waals surface area contributed by atoms with Crippen LogP contribution in [0.25, 0.3) is 0 Å². The molecule has 1 aromatic rings. The summed E-state index contributed by atoms with van der Waals surface area (Å²) in [5, 5.41) is 3.37. The van der Waals surface area contributed by atoms with E-state index in [9.17, 15) is 0 Å². The zero-order valence-electron chi connectivity index (χ0n) is 10.1. The minimum absolute atomic E-state index is 0.670. The van der Waals surface area contributed by atoms with E-state index >= 15 is 0 Å². The second kappa shape index (κ2) is 5.25. The van der Waals surface area contributed by atoms with Gasteiger partial charge in [-0.25, -0.2) is 9.97 Å². The zero-order chi connectivity index (χ0) is 11.4. The smallest absolute Gasteiger partial charge is 0.129 e. The van der Waals surface area contributed by atoms with Crippen molar-refractivity contribution in [2.45, 2.75) is 26.3 Å². The van der Waals surface area contributed by atoms with Crippen molar-refractivity contribution in [2.24, 2.45) is 5.92 Å². The van der Waals surface area contributed by atoms with Gasteiger partial charge in [-0.05, 0) is 38.8 Å². The van der Waals surface area contributed by atoms with Crippen LogP contribution >= 0.6 is 0 Å². The van der Waals surface area contributed by atoms with Gasteiger partial charge in [0.1, 0.15) is 12.1 Å². The van der Waals surface area contributed by atoms with E-state index in [4.69, 9.17) is 0 Å². The molecule has 0 saturated carbocycles. The van der Waals surface area contributed by atoms with Crippen LogP contribution in [0.5, 0.6) is 0 Å². The molecular weight excluding hydrogens is 200 g/mol. The van der Waals surface area contributed by atoms with Crippen molar-refractivity contribution < 1.29 is 0 Å². The van der Waals surface area contributed by atoms with Crippen LogP contribution in [0.1, 0.15) is 20.3 Å². The summed E-state index contributed by atoms with van der Waals surface area (Å²) in [4.78, 5) is 10.6. The van der Waals surface area contributed by atoms with Crippen LogP contribution in [0.3, 0.4) is 0 Å². The Labute approximate surface area is 97.1 Å². The van der Waals surface area contributed by atoms with Gasteiger partial charge < -0.3 is 10.2 Å². The molecule has 0 aromatic carbocycles. The second-order valence-corrected chi connectivity index (χ2v) is 4.72. The molecular formula is C12H20N4. The van der Waals surface area contributed by atoms with Gasteiger partial charge in [-0.2, -0.15) is 0 Å². The lowest BCUT2D eigenvalue weighted by Gasteiger charge is -2.20. The third-order valence-electron chi connectivity index (χ3n) is 3.20. The van der Waals surface area contributed by atoms with Gasteiger partial charge in [-0.15, -0.1) is 0 Å². The van der Waals surface area contributed by atoms with Crippen molar-refractivity contribution in [3.8, 4) is 0 Å². The number of hydrogen-bond donors (Lipinski definition) is 1. The van der Waals surface area contributed by atoms with E-state index in [2.05, 4.69) is 34.0 Å². The molecule has 4 heteroatoms. The van der Waals surface area contributed by atoms with Gasteiger partial charge in [-0.1, -0.05) is 0 Å². The van der Waals surface area contributed by atoms with Crippen molar-refractivity contribution in [1.29, 1.82) is 0 Å². The summed E-state index contributed by atoms with van der Waals surface area (Å²) in [7, 11) is 0. The molecule has 1 aromatic heterocycles. The van der Waals surface area contributed by atoms with Crippen LogP contribution in [0.15, 0.2) is 18.6 Å². The Morgan fingerprint density at radius 2 is 2.44 bits per heavy atom. The van der Waals surface area contributed by atoms with Gasteiger partial charge in [-0.3, -0.25) is 0 Å². The van der Waals surface area contributed by atoms with E-state index in [1.54, 1.807) is 12.5 Å². The molecule has 0 bridgehead atoms. The molecule has 16 heavy (non-hydrogen) atoms. The highest BCUT2D eigenvalue weighted by molar-refractivity contribution is 5.31. The molecule has 88 valence electrons. The van der Waals surface area contributed by atoms with E-state index in [-0.39, 0.29) is 0 Å². The van der Waals surface area contributed by atoms with E-state index in [1.165, 1.54) is 19.5 Å². The number of aromatic nitrogens is 2. The summed E-state index contributed by atoms with van der Waals surface area (Å²) in [6.45, 7) is 7.98. The highest BCUT2D eigenvalue weighted by Gasteiger charge is 2.23. The largest absolute Gasteiger partial charge is 0.370 e. The minimum Gasteiger partial charge on any atom is -0.370 e. The van der Waals surface area contributed by atoms with Gasteiger partial charge in [0.05, 0.1) is 0 Å². The number of nitrogens with zero attached hydrogens (tertiary/aromatic N) is 3. The van der Waals surface area contributed by atoms with Crippen molar-refractivity contribution in [2.75, 3.05) is 25.0 Å². The number of rotatable bonds is 4. The SMILES string of the molecule is CC(C)N1CCC(CNc2ccncn2)C1. The fraction of sp³-hybridized carbons (Fsp3) is 0.667. The summed E-state index contributed by atoms with van der Waals surface area (Å²) >= 11 is 0. The normalized spacial score (nSPS) is 21.6.